The van der Waals surface area contributed by atoms with Crippen LogP contribution in [0.5, 0.6) is 0 Å². The van der Waals surface area contributed by atoms with E-state index in [0.717, 1.165) is 67.2 Å². The predicted octanol–water partition coefficient (Wildman–Crippen LogP) is 4.28. The minimum Gasteiger partial charge on any atom is -0.359 e. The lowest BCUT2D eigenvalue weighted by Crippen LogP contribution is -2.43. The molecule has 0 bridgehead atoms. The van der Waals surface area contributed by atoms with Crippen LogP contribution in [0.3, 0.4) is 0 Å². The molecule has 2 aromatic heterocycles. The van der Waals surface area contributed by atoms with Crippen LogP contribution in [-0.2, 0) is 24.2 Å². The Hall–Kier alpha value is -3.22. The first-order valence-electron chi connectivity index (χ1n) is 12.0. The van der Waals surface area contributed by atoms with Gasteiger partial charge < -0.3 is 14.7 Å². The summed E-state index contributed by atoms with van der Waals surface area (Å²) in [6, 6.07) is 12.1. The largest absolute Gasteiger partial charge is 0.359 e. The van der Waals surface area contributed by atoms with Gasteiger partial charge in [0, 0.05) is 36.0 Å². The lowest BCUT2D eigenvalue weighted by molar-refractivity contribution is -0.125. The Morgan fingerprint density at radius 3 is 2.82 bits per heavy atom. The molecule has 1 atom stereocenters. The monoisotopic (exact) mass is 445 g/mol. The standard InChI is InChI=1S/C26H31N5O2/c1-17(2)23-14-20(33-30-23)15-27-26(32)19-10-7-13-31(16-19)25-21-11-6-12-22(21)28-24(29-25)18-8-4-3-5-9-18/h3-5,8-9,14,17,19H,6-7,10-13,15-16H2,1-2H3,(H,27,32). The predicted molar refractivity (Wildman–Crippen MR) is 127 cm³/mol. The number of aryl methyl sites for hydroxylation is 1. The zero-order valence-corrected chi connectivity index (χ0v) is 19.4. The Morgan fingerprint density at radius 1 is 1.18 bits per heavy atom. The molecule has 1 N–H and O–H groups in total. The molecule has 5 rings (SSSR count). The molecular weight excluding hydrogens is 414 g/mol. The van der Waals surface area contributed by atoms with Crippen molar-refractivity contribution >= 4 is 11.7 Å². The summed E-state index contributed by atoms with van der Waals surface area (Å²) < 4.78 is 5.37. The van der Waals surface area contributed by atoms with Crippen molar-refractivity contribution in [2.75, 3.05) is 18.0 Å². The second-order valence-electron chi connectivity index (χ2n) is 9.39. The number of amides is 1. The molecular formula is C26H31N5O2. The Balaban J connectivity index is 1.31. The van der Waals surface area contributed by atoms with Crippen LogP contribution in [-0.4, -0.2) is 34.1 Å². The van der Waals surface area contributed by atoms with Crippen molar-refractivity contribution < 1.29 is 9.32 Å². The second-order valence-corrected chi connectivity index (χ2v) is 9.39. The topological polar surface area (TPSA) is 84.2 Å². The fourth-order valence-electron chi connectivity index (χ4n) is 4.78. The van der Waals surface area contributed by atoms with Crippen molar-refractivity contribution in [1.82, 2.24) is 20.4 Å². The molecule has 33 heavy (non-hydrogen) atoms. The van der Waals surface area contributed by atoms with Gasteiger partial charge in [-0.15, -0.1) is 0 Å². The number of anilines is 1. The maximum atomic E-state index is 13.0. The van der Waals surface area contributed by atoms with Gasteiger partial charge in [-0.3, -0.25) is 4.79 Å². The van der Waals surface area contributed by atoms with Crippen molar-refractivity contribution in [3.05, 3.63) is 59.1 Å². The SMILES string of the molecule is CC(C)c1cc(CNC(=O)C2CCCN(c3nc(-c4ccccc4)nc4c3CCC4)C2)on1. The molecule has 172 valence electrons. The molecule has 1 amide bonds. The summed E-state index contributed by atoms with van der Waals surface area (Å²) in [5.74, 6) is 2.80. The summed E-state index contributed by atoms with van der Waals surface area (Å²) in [7, 11) is 0. The molecule has 1 aliphatic carbocycles. The maximum Gasteiger partial charge on any atom is 0.225 e. The molecule has 7 heteroatoms. The quantitative estimate of drug-likeness (QED) is 0.610. The van der Waals surface area contributed by atoms with Crippen molar-refractivity contribution in [1.29, 1.82) is 0 Å². The Bertz CT molecular complexity index is 1120. The van der Waals surface area contributed by atoms with E-state index in [0.29, 0.717) is 24.8 Å². The number of aromatic nitrogens is 3. The van der Waals surface area contributed by atoms with E-state index in [1.807, 2.05) is 24.3 Å². The summed E-state index contributed by atoms with van der Waals surface area (Å²) >= 11 is 0. The molecule has 1 aromatic carbocycles. The van der Waals surface area contributed by atoms with Crippen molar-refractivity contribution in [3.63, 3.8) is 0 Å². The number of benzene rings is 1. The van der Waals surface area contributed by atoms with Crippen LogP contribution in [0.25, 0.3) is 11.4 Å². The van der Waals surface area contributed by atoms with Crippen molar-refractivity contribution in [2.24, 2.45) is 5.92 Å². The highest BCUT2D eigenvalue weighted by molar-refractivity contribution is 5.79. The van der Waals surface area contributed by atoms with E-state index >= 15 is 0 Å². The second kappa shape index (κ2) is 9.33. The van der Waals surface area contributed by atoms with Gasteiger partial charge >= 0.3 is 0 Å². The molecule has 2 aliphatic rings. The molecule has 1 aliphatic heterocycles. The average Bonchev–Trinajstić information content (AvgIpc) is 3.52. The lowest BCUT2D eigenvalue weighted by Gasteiger charge is -2.34. The van der Waals surface area contributed by atoms with Gasteiger partial charge in [0.2, 0.25) is 5.91 Å². The van der Waals surface area contributed by atoms with Crippen LogP contribution in [0.4, 0.5) is 5.82 Å². The molecule has 1 fully saturated rings. The summed E-state index contributed by atoms with van der Waals surface area (Å²) in [6.45, 7) is 6.11. The summed E-state index contributed by atoms with van der Waals surface area (Å²) in [6.07, 6.45) is 4.98. The van der Waals surface area contributed by atoms with E-state index < -0.39 is 0 Å². The average molecular weight is 446 g/mol. The van der Waals surface area contributed by atoms with Gasteiger partial charge in [-0.25, -0.2) is 9.97 Å². The summed E-state index contributed by atoms with van der Waals surface area (Å²) in [5.41, 5.74) is 4.37. The van der Waals surface area contributed by atoms with Crippen LogP contribution in [0.2, 0.25) is 0 Å². The molecule has 3 heterocycles. The first kappa shape index (κ1) is 21.6. The Kier molecular flexibility index (Phi) is 6.11. The van der Waals surface area contributed by atoms with Gasteiger partial charge in [-0.1, -0.05) is 49.3 Å². The third-order valence-electron chi connectivity index (χ3n) is 6.64. The van der Waals surface area contributed by atoms with Gasteiger partial charge in [-0.05, 0) is 38.0 Å². The van der Waals surface area contributed by atoms with Crippen LogP contribution in [0.15, 0.2) is 40.9 Å². The number of hydrogen-bond donors (Lipinski definition) is 1. The van der Waals surface area contributed by atoms with Crippen LogP contribution >= 0.6 is 0 Å². The molecule has 0 radical (unpaired) electrons. The highest BCUT2D eigenvalue weighted by atomic mass is 16.5. The number of nitrogens with one attached hydrogen (secondary N) is 1. The third-order valence-corrected chi connectivity index (χ3v) is 6.64. The Morgan fingerprint density at radius 2 is 2.03 bits per heavy atom. The number of piperidine rings is 1. The first-order chi connectivity index (χ1) is 16.1. The lowest BCUT2D eigenvalue weighted by atomic mass is 9.96. The fraction of sp³-hybridized carbons (Fsp3) is 0.462. The van der Waals surface area contributed by atoms with Crippen molar-refractivity contribution in [3.8, 4) is 11.4 Å². The molecule has 1 unspecified atom stereocenters. The molecule has 7 nitrogen and oxygen atoms in total. The Labute approximate surface area is 194 Å². The van der Waals surface area contributed by atoms with Gasteiger partial charge in [-0.2, -0.15) is 0 Å². The van der Waals surface area contributed by atoms with Crippen LogP contribution in [0, 0.1) is 5.92 Å². The van der Waals surface area contributed by atoms with E-state index in [-0.39, 0.29) is 11.8 Å². The normalized spacial score (nSPS) is 17.9. The highest BCUT2D eigenvalue weighted by Gasteiger charge is 2.30. The number of carbonyl (C=O) groups is 1. The zero-order chi connectivity index (χ0) is 22.8. The molecule has 1 saturated heterocycles. The molecule has 0 spiro atoms. The highest BCUT2D eigenvalue weighted by Crippen LogP contribution is 2.33. The number of rotatable bonds is 6. The van der Waals surface area contributed by atoms with Crippen LogP contribution < -0.4 is 10.2 Å². The molecule has 3 aromatic rings. The zero-order valence-electron chi connectivity index (χ0n) is 19.4. The number of carbonyl (C=O) groups excluding carboxylic acids is 1. The minimum absolute atomic E-state index is 0.0659. The summed E-state index contributed by atoms with van der Waals surface area (Å²) in [4.78, 5) is 25.2. The minimum atomic E-state index is -0.0709. The first-order valence-corrected chi connectivity index (χ1v) is 12.0. The number of nitrogens with zero attached hydrogens (tertiary/aromatic N) is 4. The van der Waals surface area contributed by atoms with Gasteiger partial charge in [0.15, 0.2) is 11.6 Å². The maximum absolute atomic E-state index is 13.0. The third kappa shape index (κ3) is 4.63. The van der Waals surface area contributed by atoms with E-state index in [1.54, 1.807) is 0 Å². The number of hydrogen-bond acceptors (Lipinski definition) is 6. The van der Waals surface area contributed by atoms with E-state index in [2.05, 4.69) is 41.4 Å². The van der Waals surface area contributed by atoms with E-state index in [1.165, 1.54) is 5.56 Å². The van der Waals surface area contributed by atoms with Gasteiger partial charge in [0.1, 0.15) is 5.82 Å². The number of fused-ring (bicyclic) bond motifs is 1. The van der Waals surface area contributed by atoms with Crippen molar-refractivity contribution in [2.45, 2.75) is 58.4 Å². The van der Waals surface area contributed by atoms with Gasteiger partial charge in [0.25, 0.3) is 0 Å². The van der Waals surface area contributed by atoms with E-state index in [4.69, 9.17) is 14.5 Å². The van der Waals surface area contributed by atoms with Gasteiger partial charge in [0.05, 0.1) is 18.2 Å². The molecule has 0 saturated carbocycles. The fourth-order valence-corrected chi connectivity index (χ4v) is 4.78. The summed E-state index contributed by atoms with van der Waals surface area (Å²) in [5, 5.41) is 7.13. The van der Waals surface area contributed by atoms with Crippen LogP contribution in [0.1, 0.15) is 61.7 Å². The van der Waals surface area contributed by atoms with E-state index in [9.17, 15) is 4.79 Å². The smallest absolute Gasteiger partial charge is 0.225 e.